The molecule has 0 unspecified atom stereocenters. The van der Waals surface area contributed by atoms with E-state index >= 15 is 0 Å². The van der Waals surface area contributed by atoms with Crippen molar-refractivity contribution in [2.24, 2.45) is 0 Å². The molecule has 0 aliphatic heterocycles. The van der Waals surface area contributed by atoms with Gasteiger partial charge in [-0.05, 0) is 18.6 Å². The fourth-order valence-electron chi connectivity index (χ4n) is 3.01. The van der Waals surface area contributed by atoms with Crippen LogP contribution in [-0.2, 0) is 0 Å². The van der Waals surface area contributed by atoms with Crippen molar-refractivity contribution in [3.05, 3.63) is 59.7 Å². The molecule has 6 heteroatoms. The van der Waals surface area contributed by atoms with E-state index in [0.29, 0.717) is 27.2 Å². The van der Waals surface area contributed by atoms with Crippen molar-refractivity contribution in [2.45, 2.75) is 11.9 Å². The number of thioether (sulfide) groups is 1. The summed E-state index contributed by atoms with van der Waals surface area (Å²) in [4.78, 5) is 4.70. The standard InChI is InChI=1S/C21H13N5S/c1-13-6-8-14(9-7-13)18-16(12-23)21(27-11-10-22)24-19-15-4-2-3-5-17(15)25-26-20(18)19/h2-9H,11H2,1H3. The van der Waals surface area contributed by atoms with Crippen LogP contribution in [0.4, 0.5) is 0 Å². The first-order valence-electron chi connectivity index (χ1n) is 8.29. The quantitative estimate of drug-likeness (QED) is 0.387. The molecule has 0 aliphatic carbocycles. The lowest BCUT2D eigenvalue weighted by Crippen LogP contribution is -1.99. The summed E-state index contributed by atoms with van der Waals surface area (Å²) in [6.07, 6.45) is 0. The Labute approximate surface area is 160 Å². The van der Waals surface area contributed by atoms with Crippen LogP contribution in [0.5, 0.6) is 0 Å². The predicted molar refractivity (Wildman–Crippen MR) is 106 cm³/mol. The summed E-state index contributed by atoms with van der Waals surface area (Å²) in [6, 6.07) is 20.0. The molecule has 27 heavy (non-hydrogen) atoms. The maximum atomic E-state index is 9.85. The summed E-state index contributed by atoms with van der Waals surface area (Å²) < 4.78 is 0. The lowest BCUT2D eigenvalue weighted by molar-refractivity contribution is 1.09. The van der Waals surface area contributed by atoms with Crippen LogP contribution in [0.15, 0.2) is 53.6 Å². The molecule has 0 amide bonds. The normalized spacial score (nSPS) is 10.6. The molecule has 0 bridgehead atoms. The Hall–Kier alpha value is -3.48. The molecule has 4 aromatic rings. The maximum Gasteiger partial charge on any atom is 0.121 e. The zero-order valence-corrected chi connectivity index (χ0v) is 15.3. The molecule has 2 heterocycles. The first kappa shape index (κ1) is 17.0. The molecule has 2 aromatic heterocycles. The monoisotopic (exact) mass is 367 g/mol. The number of benzene rings is 2. The third-order valence-corrected chi connectivity index (χ3v) is 5.12. The van der Waals surface area contributed by atoms with Gasteiger partial charge in [-0.3, -0.25) is 0 Å². The van der Waals surface area contributed by atoms with E-state index < -0.39 is 0 Å². The Morgan fingerprint density at radius 1 is 0.963 bits per heavy atom. The number of hydrogen-bond donors (Lipinski definition) is 0. The number of rotatable bonds is 3. The van der Waals surface area contributed by atoms with Crippen molar-refractivity contribution < 1.29 is 0 Å². The van der Waals surface area contributed by atoms with Crippen LogP contribution < -0.4 is 0 Å². The summed E-state index contributed by atoms with van der Waals surface area (Å²) >= 11 is 1.26. The maximum absolute atomic E-state index is 9.85. The molecule has 0 spiro atoms. The van der Waals surface area contributed by atoms with Gasteiger partial charge in [-0.25, -0.2) is 4.98 Å². The van der Waals surface area contributed by atoms with Crippen molar-refractivity contribution in [3.8, 4) is 23.3 Å². The highest BCUT2D eigenvalue weighted by atomic mass is 32.2. The lowest BCUT2D eigenvalue weighted by Gasteiger charge is -2.12. The SMILES string of the molecule is Cc1ccc(-c2c(C#N)c(SCC#N)nc3c2nnc2ccccc23)cc1. The first-order chi connectivity index (χ1) is 13.2. The van der Waals surface area contributed by atoms with E-state index in [4.69, 9.17) is 10.2 Å². The van der Waals surface area contributed by atoms with Crippen LogP contribution in [-0.4, -0.2) is 20.9 Å². The molecule has 0 fully saturated rings. The van der Waals surface area contributed by atoms with E-state index in [1.165, 1.54) is 11.8 Å². The van der Waals surface area contributed by atoms with Crippen molar-refractivity contribution in [1.82, 2.24) is 15.2 Å². The summed E-state index contributed by atoms with van der Waals surface area (Å²) in [7, 11) is 0. The minimum Gasteiger partial charge on any atom is -0.238 e. The van der Waals surface area contributed by atoms with Crippen LogP contribution in [0.3, 0.4) is 0 Å². The second-order valence-corrected chi connectivity index (χ2v) is 6.97. The number of aromatic nitrogens is 3. The highest BCUT2D eigenvalue weighted by Gasteiger charge is 2.20. The van der Waals surface area contributed by atoms with Gasteiger partial charge in [0.2, 0.25) is 0 Å². The summed E-state index contributed by atoms with van der Waals surface area (Å²) in [5.74, 6) is 0.219. The van der Waals surface area contributed by atoms with Crippen LogP contribution >= 0.6 is 11.8 Å². The van der Waals surface area contributed by atoms with Crippen LogP contribution in [0.2, 0.25) is 0 Å². The lowest BCUT2D eigenvalue weighted by atomic mass is 9.98. The van der Waals surface area contributed by atoms with Crippen LogP contribution in [0.25, 0.3) is 33.1 Å². The highest BCUT2D eigenvalue weighted by Crippen LogP contribution is 2.37. The second-order valence-electron chi connectivity index (χ2n) is 6.01. The van der Waals surface area contributed by atoms with E-state index in [0.717, 1.165) is 22.0 Å². The van der Waals surface area contributed by atoms with Gasteiger partial charge in [-0.2, -0.15) is 10.5 Å². The van der Waals surface area contributed by atoms with E-state index in [9.17, 15) is 5.26 Å². The number of nitriles is 2. The molecule has 128 valence electrons. The Morgan fingerprint density at radius 2 is 1.74 bits per heavy atom. The smallest absolute Gasteiger partial charge is 0.121 e. The molecule has 4 rings (SSSR count). The second kappa shape index (κ2) is 7.03. The number of aryl methyl sites for hydroxylation is 1. The van der Waals surface area contributed by atoms with Crippen molar-refractivity contribution >= 4 is 33.7 Å². The van der Waals surface area contributed by atoms with Crippen LogP contribution in [0.1, 0.15) is 11.1 Å². The molecule has 0 saturated heterocycles. The van der Waals surface area contributed by atoms with E-state index in [-0.39, 0.29) is 5.75 Å². The molecule has 0 N–H and O–H groups in total. The van der Waals surface area contributed by atoms with Crippen molar-refractivity contribution in [2.75, 3.05) is 5.75 Å². The molecule has 0 saturated carbocycles. The third kappa shape index (κ3) is 2.97. The number of hydrogen-bond acceptors (Lipinski definition) is 6. The largest absolute Gasteiger partial charge is 0.238 e. The summed E-state index contributed by atoms with van der Waals surface area (Å²) in [5.41, 5.74) is 5.18. The average molecular weight is 367 g/mol. The van der Waals surface area contributed by atoms with Gasteiger partial charge in [0, 0.05) is 10.9 Å². The van der Waals surface area contributed by atoms with Gasteiger partial charge >= 0.3 is 0 Å². The number of fused-ring (bicyclic) bond motifs is 3. The highest BCUT2D eigenvalue weighted by molar-refractivity contribution is 7.99. The molecular formula is C21H13N5S. The van der Waals surface area contributed by atoms with Gasteiger partial charge in [-0.1, -0.05) is 59.8 Å². The van der Waals surface area contributed by atoms with Crippen LogP contribution in [0, 0.1) is 29.6 Å². The minimum atomic E-state index is 0.219. The van der Waals surface area contributed by atoms with Gasteiger partial charge in [-0.15, -0.1) is 10.2 Å². The Morgan fingerprint density at radius 3 is 2.48 bits per heavy atom. The average Bonchev–Trinajstić information content (AvgIpc) is 2.71. The number of pyridine rings is 1. The van der Waals surface area contributed by atoms with Crippen molar-refractivity contribution in [1.29, 1.82) is 10.5 Å². The minimum absolute atomic E-state index is 0.219. The van der Waals surface area contributed by atoms with Crippen molar-refractivity contribution in [3.63, 3.8) is 0 Å². The van der Waals surface area contributed by atoms with Gasteiger partial charge < -0.3 is 0 Å². The van der Waals surface area contributed by atoms with E-state index in [1.807, 2.05) is 55.5 Å². The first-order valence-corrected chi connectivity index (χ1v) is 9.27. The topological polar surface area (TPSA) is 86.2 Å². The molecule has 5 nitrogen and oxygen atoms in total. The third-order valence-electron chi connectivity index (χ3n) is 4.28. The molecule has 2 aromatic carbocycles. The van der Waals surface area contributed by atoms with E-state index in [2.05, 4.69) is 22.3 Å². The fraction of sp³-hybridized carbons (Fsp3) is 0.0952. The van der Waals surface area contributed by atoms with Gasteiger partial charge in [0.1, 0.15) is 22.1 Å². The zero-order chi connectivity index (χ0) is 18.8. The number of nitrogens with zero attached hydrogens (tertiary/aromatic N) is 5. The molecule has 0 atom stereocenters. The van der Waals surface area contributed by atoms with Gasteiger partial charge in [0.25, 0.3) is 0 Å². The predicted octanol–water partition coefficient (Wildman–Crippen LogP) is 4.64. The Kier molecular flexibility index (Phi) is 4.42. The Balaban J connectivity index is 2.15. The van der Waals surface area contributed by atoms with Gasteiger partial charge in [0.05, 0.1) is 22.9 Å². The zero-order valence-electron chi connectivity index (χ0n) is 14.5. The van der Waals surface area contributed by atoms with Gasteiger partial charge in [0.15, 0.2) is 0 Å². The molecular weight excluding hydrogens is 354 g/mol. The molecule has 0 radical (unpaired) electrons. The summed E-state index contributed by atoms with van der Waals surface area (Å²) in [6.45, 7) is 2.02. The molecule has 0 aliphatic rings. The Bertz CT molecular complexity index is 1250. The fourth-order valence-corrected chi connectivity index (χ4v) is 3.66. The summed E-state index contributed by atoms with van der Waals surface area (Å²) in [5, 5.41) is 29.0. The van der Waals surface area contributed by atoms with E-state index in [1.54, 1.807) is 0 Å².